The molecule has 0 bridgehead atoms. The van der Waals surface area contributed by atoms with Gasteiger partial charge in [0, 0.05) is 38.9 Å². The highest BCUT2D eigenvalue weighted by atomic mass is 16.5. The maximum absolute atomic E-state index is 5.72. The van der Waals surface area contributed by atoms with E-state index in [2.05, 4.69) is 30.8 Å². The summed E-state index contributed by atoms with van der Waals surface area (Å²) in [7, 11) is 3.38. The number of nitrogens with zero attached hydrogens (tertiary/aromatic N) is 3. The van der Waals surface area contributed by atoms with Gasteiger partial charge in [-0.25, -0.2) is 4.98 Å². The van der Waals surface area contributed by atoms with E-state index in [1.165, 1.54) is 0 Å². The van der Waals surface area contributed by atoms with Gasteiger partial charge in [0.2, 0.25) is 5.82 Å². The molecule has 3 N–H and O–H groups in total. The Morgan fingerprint density at radius 2 is 2.18 bits per heavy atom. The zero-order chi connectivity index (χ0) is 19.6. The molecule has 0 fully saturated rings. The van der Waals surface area contributed by atoms with Crippen LogP contribution in [0.15, 0.2) is 52.1 Å². The fourth-order valence-corrected chi connectivity index (χ4v) is 2.43. The number of hydrogen-bond acceptors (Lipinski definition) is 6. The van der Waals surface area contributed by atoms with Gasteiger partial charge in [0.25, 0.3) is 0 Å². The highest BCUT2D eigenvalue weighted by Gasteiger charge is 2.09. The van der Waals surface area contributed by atoms with Crippen molar-refractivity contribution in [2.75, 3.05) is 32.7 Å². The van der Waals surface area contributed by atoms with E-state index in [1.807, 2.05) is 30.3 Å². The fourth-order valence-electron chi connectivity index (χ4n) is 2.43. The van der Waals surface area contributed by atoms with Crippen LogP contribution in [-0.2, 0) is 11.3 Å². The van der Waals surface area contributed by atoms with Crippen LogP contribution in [-0.4, -0.2) is 48.5 Å². The second kappa shape index (κ2) is 10.1. The summed E-state index contributed by atoms with van der Waals surface area (Å²) in [5, 5.41) is 13.4. The summed E-state index contributed by atoms with van der Waals surface area (Å²) >= 11 is 0. The maximum Gasteiger partial charge on any atom is 0.216 e. The summed E-state index contributed by atoms with van der Waals surface area (Å²) in [4.78, 5) is 8.62. The standard InChI is InChI=1S/C19H24N6O3/c1-20-19(21-13-17-23-18(25-24-17)16-8-4-10-28-16)22-14-6-3-7-15(12-14)27-11-5-9-26-2/h3-4,6-8,10,12H,5,9,11,13H2,1-2H3,(H2,20,21,22)(H,23,24,25). The molecule has 0 saturated carbocycles. The van der Waals surface area contributed by atoms with Crippen LogP contribution < -0.4 is 15.4 Å². The number of benzene rings is 1. The van der Waals surface area contributed by atoms with Gasteiger partial charge in [-0.3, -0.25) is 10.1 Å². The van der Waals surface area contributed by atoms with Crippen molar-refractivity contribution in [3.05, 3.63) is 48.5 Å². The monoisotopic (exact) mass is 384 g/mol. The summed E-state index contributed by atoms with van der Waals surface area (Å²) in [5.41, 5.74) is 0.867. The van der Waals surface area contributed by atoms with Crippen LogP contribution in [0.3, 0.4) is 0 Å². The molecular weight excluding hydrogens is 360 g/mol. The van der Waals surface area contributed by atoms with Crippen molar-refractivity contribution in [2.24, 2.45) is 4.99 Å². The molecule has 0 saturated heterocycles. The first-order valence-corrected chi connectivity index (χ1v) is 8.93. The van der Waals surface area contributed by atoms with Gasteiger partial charge in [-0.05, 0) is 24.3 Å². The number of H-pyrrole nitrogens is 1. The number of methoxy groups -OCH3 is 1. The zero-order valence-corrected chi connectivity index (χ0v) is 15.9. The molecule has 0 aliphatic rings. The lowest BCUT2D eigenvalue weighted by molar-refractivity contribution is 0.172. The molecule has 1 aromatic carbocycles. The van der Waals surface area contributed by atoms with Crippen LogP contribution in [0.5, 0.6) is 5.75 Å². The third kappa shape index (κ3) is 5.58. The van der Waals surface area contributed by atoms with Gasteiger partial charge in [-0.15, -0.1) is 5.10 Å². The first-order valence-electron chi connectivity index (χ1n) is 8.93. The Labute approximate surface area is 163 Å². The van der Waals surface area contributed by atoms with Gasteiger partial charge in [-0.1, -0.05) is 6.07 Å². The van der Waals surface area contributed by atoms with E-state index in [-0.39, 0.29) is 0 Å². The third-order valence-corrected chi connectivity index (χ3v) is 3.78. The van der Waals surface area contributed by atoms with Crippen LogP contribution in [0.4, 0.5) is 5.69 Å². The molecule has 0 spiro atoms. The summed E-state index contributed by atoms with van der Waals surface area (Å²) in [6.45, 7) is 1.71. The molecule has 2 heterocycles. The first-order chi connectivity index (χ1) is 13.8. The largest absolute Gasteiger partial charge is 0.493 e. The summed E-state index contributed by atoms with van der Waals surface area (Å²) in [5.74, 6) is 3.20. The predicted molar refractivity (Wildman–Crippen MR) is 106 cm³/mol. The van der Waals surface area contributed by atoms with Crippen molar-refractivity contribution in [2.45, 2.75) is 13.0 Å². The van der Waals surface area contributed by atoms with E-state index < -0.39 is 0 Å². The Balaban J connectivity index is 1.52. The van der Waals surface area contributed by atoms with Crippen LogP contribution in [0, 0.1) is 0 Å². The van der Waals surface area contributed by atoms with Crippen molar-refractivity contribution >= 4 is 11.6 Å². The SMILES string of the molecule is CN=C(NCc1nc(-c2ccco2)n[nH]1)Nc1cccc(OCCCOC)c1. The van der Waals surface area contributed by atoms with Crippen LogP contribution >= 0.6 is 0 Å². The average Bonchev–Trinajstić information content (AvgIpc) is 3.40. The van der Waals surface area contributed by atoms with Gasteiger partial charge in [0.15, 0.2) is 11.7 Å². The van der Waals surface area contributed by atoms with Crippen molar-refractivity contribution < 1.29 is 13.9 Å². The Hall–Kier alpha value is -3.33. The third-order valence-electron chi connectivity index (χ3n) is 3.78. The van der Waals surface area contributed by atoms with Gasteiger partial charge >= 0.3 is 0 Å². The van der Waals surface area contributed by atoms with Crippen molar-refractivity contribution in [3.8, 4) is 17.3 Å². The molecule has 9 nitrogen and oxygen atoms in total. The molecule has 0 amide bonds. The molecular formula is C19H24N6O3. The Kier molecular flexibility index (Phi) is 7.02. The summed E-state index contributed by atoms with van der Waals surface area (Å²) in [6, 6.07) is 11.3. The lowest BCUT2D eigenvalue weighted by atomic mass is 10.3. The molecule has 0 radical (unpaired) electrons. The van der Waals surface area contributed by atoms with E-state index in [4.69, 9.17) is 13.9 Å². The van der Waals surface area contributed by atoms with E-state index in [9.17, 15) is 0 Å². The number of furan rings is 1. The van der Waals surface area contributed by atoms with Crippen LogP contribution in [0.1, 0.15) is 12.2 Å². The van der Waals surface area contributed by atoms with Gasteiger partial charge < -0.3 is 24.5 Å². The van der Waals surface area contributed by atoms with Crippen LogP contribution in [0.25, 0.3) is 11.6 Å². The number of anilines is 1. The van der Waals surface area contributed by atoms with Crippen LogP contribution in [0.2, 0.25) is 0 Å². The Morgan fingerprint density at radius 1 is 1.25 bits per heavy atom. The second-order valence-electron chi connectivity index (χ2n) is 5.86. The van der Waals surface area contributed by atoms with Crippen molar-refractivity contribution in [1.82, 2.24) is 20.5 Å². The number of rotatable bonds is 9. The molecule has 0 aliphatic carbocycles. The van der Waals surface area contributed by atoms with E-state index in [0.29, 0.717) is 43.1 Å². The molecule has 148 valence electrons. The quantitative estimate of drug-likeness (QED) is 0.296. The fraction of sp³-hybridized carbons (Fsp3) is 0.316. The highest BCUT2D eigenvalue weighted by molar-refractivity contribution is 5.93. The predicted octanol–water partition coefficient (Wildman–Crippen LogP) is 2.67. The molecule has 0 aliphatic heterocycles. The number of guanidine groups is 1. The number of ether oxygens (including phenoxy) is 2. The summed E-state index contributed by atoms with van der Waals surface area (Å²) < 4.78 is 16.0. The number of nitrogens with one attached hydrogen (secondary N) is 3. The molecule has 3 aromatic rings. The lowest BCUT2D eigenvalue weighted by Crippen LogP contribution is -2.30. The summed E-state index contributed by atoms with van der Waals surface area (Å²) in [6.07, 6.45) is 2.43. The number of hydrogen-bond donors (Lipinski definition) is 3. The van der Waals surface area contributed by atoms with E-state index in [0.717, 1.165) is 17.9 Å². The van der Waals surface area contributed by atoms with E-state index >= 15 is 0 Å². The minimum absolute atomic E-state index is 0.431. The number of aliphatic imine (C=N–C) groups is 1. The molecule has 9 heteroatoms. The van der Waals surface area contributed by atoms with Gasteiger partial charge in [0.1, 0.15) is 11.6 Å². The van der Waals surface area contributed by atoms with Gasteiger partial charge in [0.05, 0.1) is 19.4 Å². The highest BCUT2D eigenvalue weighted by Crippen LogP contribution is 2.18. The first kappa shape index (κ1) is 19.4. The topological polar surface area (TPSA) is 110 Å². The smallest absolute Gasteiger partial charge is 0.216 e. The molecule has 28 heavy (non-hydrogen) atoms. The molecule has 2 aromatic heterocycles. The minimum Gasteiger partial charge on any atom is -0.493 e. The molecule has 0 atom stereocenters. The van der Waals surface area contributed by atoms with Crippen molar-refractivity contribution in [1.29, 1.82) is 0 Å². The number of aromatic amines is 1. The molecule has 3 rings (SSSR count). The average molecular weight is 384 g/mol. The lowest BCUT2D eigenvalue weighted by Gasteiger charge is -2.12. The van der Waals surface area contributed by atoms with Gasteiger partial charge in [-0.2, -0.15) is 0 Å². The van der Waals surface area contributed by atoms with E-state index in [1.54, 1.807) is 26.5 Å². The second-order valence-corrected chi connectivity index (χ2v) is 5.86. The Morgan fingerprint density at radius 3 is 2.96 bits per heavy atom. The number of aromatic nitrogens is 3. The Bertz CT molecular complexity index is 875. The normalized spacial score (nSPS) is 11.4. The van der Waals surface area contributed by atoms with Crippen molar-refractivity contribution in [3.63, 3.8) is 0 Å². The maximum atomic E-state index is 5.72. The minimum atomic E-state index is 0.431. The zero-order valence-electron chi connectivity index (χ0n) is 15.9. The molecule has 0 unspecified atom stereocenters.